The SMILES string of the molecule is CC(CCN)C(=O)N(C)c1ccccc1F. The van der Waals surface area contributed by atoms with Crippen molar-refractivity contribution in [1.29, 1.82) is 0 Å². The summed E-state index contributed by atoms with van der Waals surface area (Å²) in [5, 5.41) is 0. The summed E-state index contributed by atoms with van der Waals surface area (Å²) < 4.78 is 13.4. The lowest BCUT2D eigenvalue weighted by Gasteiger charge is -2.21. The Morgan fingerprint density at radius 3 is 2.69 bits per heavy atom. The van der Waals surface area contributed by atoms with Crippen molar-refractivity contribution in [2.24, 2.45) is 11.7 Å². The van der Waals surface area contributed by atoms with Crippen molar-refractivity contribution >= 4 is 11.6 Å². The fourth-order valence-corrected chi connectivity index (χ4v) is 1.55. The fourth-order valence-electron chi connectivity index (χ4n) is 1.55. The maximum atomic E-state index is 13.4. The van der Waals surface area contributed by atoms with Crippen LogP contribution in [0.5, 0.6) is 0 Å². The predicted octanol–water partition coefficient (Wildman–Crippen LogP) is 1.77. The lowest BCUT2D eigenvalue weighted by atomic mass is 10.1. The van der Waals surface area contributed by atoms with E-state index >= 15 is 0 Å². The minimum Gasteiger partial charge on any atom is -0.330 e. The van der Waals surface area contributed by atoms with Crippen molar-refractivity contribution < 1.29 is 9.18 Å². The van der Waals surface area contributed by atoms with Crippen molar-refractivity contribution in [2.45, 2.75) is 13.3 Å². The Bertz CT molecular complexity index is 368. The van der Waals surface area contributed by atoms with Gasteiger partial charge in [-0.15, -0.1) is 0 Å². The maximum absolute atomic E-state index is 13.4. The Morgan fingerprint density at radius 2 is 2.12 bits per heavy atom. The predicted molar refractivity (Wildman–Crippen MR) is 62.6 cm³/mol. The standard InChI is InChI=1S/C12H17FN2O/c1-9(7-8-14)12(16)15(2)11-6-4-3-5-10(11)13/h3-6,9H,7-8,14H2,1-2H3. The quantitative estimate of drug-likeness (QED) is 0.847. The lowest BCUT2D eigenvalue weighted by molar-refractivity contribution is -0.121. The highest BCUT2D eigenvalue weighted by atomic mass is 19.1. The van der Waals surface area contributed by atoms with E-state index in [1.807, 2.05) is 0 Å². The van der Waals surface area contributed by atoms with Gasteiger partial charge in [0.2, 0.25) is 5.91 Å². The van der Waals surface area contributed by atoms with Gasteiger partial charge in [-0.05, 0) is 25.1 Å². The van der Waals surface area contributed by atoms with E-state index in [1.165, 1.54) is 11.0 Å². The molecule has 0 saturated heterocycles. The third-order valence-electron chi connectivity index (χ3n) is 2.57. The number of carbonyl (C=O) groups excluding carboxylic acids is 1. The van der Waals surface area contributed by atoms with Gasteiger partial charge < -0.3 is 10.6 Å². The van der Waals surface area contributed by atoms with Gasteiger partial charge in [-0.3, -0.25) is 4.79 Å². The summed E-state index contributed by atoms with van der Waals surface area (Å²) in [5.41, 5.74) is 5.69. The van der Waals surface area contributed by atoms with Gasteiger partial charge >= 0.3 is 0 Å². The number of rotatable bonds is 4. The number of nitrogens with two attached hydrogens (primary N) is 1. The molecule has 0 aliphatic rings. The fraction of sp³-hybridized carbons (Fsp3) is 0.417. The number of anilines is 1. The molecule has 0 bridgehead atoms. The first-order valence-electron chi connectivity index (χ1n) is 5.30. The molecule has 4 heteroatoms. The van der Waals surface area contributed by atoms with Crippen LogP contribution in [0, 0.1) is 11.7 Å². The van der Waals surface area contributed by atoms with Crippen molar-refractivity contribution in [1.82, 2.24) is 0 Å². The van der Waals surface area contributed by atoms with Crippen LogP contribution in [0.25, 0.3) is 0 Å². The Balaban J connectivity index is 2.82. The van der Waals surface area contributed by atoms with Crippen LogP contribution >= 0.6 is 0 Å². The van der Waals surface area contributed by atoms with E-state index in [0.717, 1.165) is 0 Å². The van der Waals surface area contributed by atoms with Crippen molar-refractivity contribution in [3.8, 4) is 0 Å². The summed E-state index contributed by atoms with van der Waals surface area (Å²) in [6.07, 6.45) is 0.609. The molecule has 16 heavy (non-hydrogen) atoms. The number of benzene rings is 1. The van der Waals surface area contributed by atoms with E-state index in [2.05, 4.69) is 0 Å². The second-order valence-corrected chi connectivity index (χ2v) is 3.83. The number of amides is 1. The third-order valence-corrected chi connectivity index (χ3v) is 2.57. The maximum Gasteiger partial charge on any atom is 0.229 e. The minimum atomic E-state index is -0.390. The topological polar surface area (TPSA) is 46.3 Å². The Hall–Kier alpha value is -1.42. The molecule has 88 valence electrons. The second kappa shape index (κ2) is 5.61. The highest BCUT2D eigenvalue weighted by Crippen LogP contribution is 2.19. The summed E-state index contributed by atoms with van der Waals surface area (Å²) in [5.74, 6) is -0.691. The first-order valence-corrected chi connectivity index (χ1v) is 5.30. The van der Waals surface area contributed by atoms with E-state index in [-0.39, 0.29) is 11.8 Å². The lowest BCUT2D eigenvalue weighted by Crippen LogP contribution is -2.33. The highest BCUT2D eigenvalue weighted by Gasteiger charge is 2.19. The minimum absolute atomic E-state index is 0.115. The Labute approximate surface area is 95.0 Å². The molecule has 0 aliphatic carbocycles. The van der Waals surface area contributed by atoms with E-state index in [4.69, 9.17) is 5.73 Å². The Kier molecular flexibility index (Phi) is 4.43. The molecule has 1 aromatic carbocycles. The van der Waals surface area contributed by atoms with Crippen LogP contribution in [0.1, 0.15) is 13.3 Å². The number of carbonyl (C=O) groups is 1. The molecule has 1 amide bonds. The molecule has 0 spiro atoms. The van der Waals surface area contributed by atoms with E-state index < -0.39 is 5.82 Å². The third kappa shape index (κ3) is 2.79. The van der Waals surface area contributed by atoms with Crippen molar-refractivity contribution in [3.63, 3.8) is 0 Å². The van der Waals surface area contributed by atoms with Gasteiger partial charge in [0.15, 0.2) is 0 Å². The van der Waals surface area contributed by atoms with Crippen molar-refractivity contribution in [3.05, 3.63) is 30.1 Å². The first-order chi connectivity index (χ1) is 7.57. The number of halogens is 1. The zero-order chi connectivity index (χ0) is 12.1. The molecule has 0 radical (unpaired) electrons. The Morgan fingerprint density at radius 1 is 1.50 bits per heavy atom. The molecule has 1 rings (SSSR count). The number of hydrogen-bond donors (Lipinski definition) is 1. The zero-order valence-corrected chi connectivity index (χ0v) is 9.61. The van der Waals surface area contributed by atoms with Gasteiger partial charge in [-0.25, -0.2) is 4.39 Å². The van der Waals surface area contributed by atoms with Gasteiger partial charge in [-0.2, -0.15) is 0 Å². The van der Waals surface area contributed by atoms with Gasteiger partial charge in [-0.1, -0.05) is 19.1 Å². The van der Waals surface area contributed by atoms with Crippen molar-refractivity contribution in [2.75, 3.05) is 18.5 Å². The van der Waals surface area contributed by atoms with Crippen LogP contribution in [0.15, 0.2) is 24.3 Å². The smallest absolute Gasteiger partial charge is 0.229 e. The molecular formula is C12H17FN2O. The largest absolute Gasteiger partial charge is 0.330 e. The zero-order valence-electron chi connectivity index (χ0n) is 9.61. The molecule has 1 unspecified atom stereocenters. The summed E-state index contributed by atoms with van der Waals surface area (Å²) in [4.78, 5) is 13.2. The van der Waals surface area contributed by atoms with E-state index in [9.17, 15) is 9.18 Å². The molecule has 0 heterocycles. The van der Waals surface area contributed by atoms with Crippen LogP contribution in [0.3, 0.4) is 0 Å². The number of para-hydroxylation sites is 1. The second-order valence-electron chi connectivity index (χ2n) is 3.83. The van der Waals surface area contributed by atoms with E-state index in [1.54, 1.807) is 32.2 Å². The van der Waals surface area contributed by atoms with Crippen LogP contribution < -0.4 is 10.6 Å². The van der Waals surface area contributed by atoms with E-state index in [0.29, 0.717) is 18.7 Å². The average molecular weight is 224 g/mol. The van der Waals surface area contributed by atoms with Crippen LogP contribution in [0.4, 0.5) is 10.1 Å². The summed E-state index contributed by atoms with van der Waals surface area (Å²) in [7, 11) is 1.58. The van der Waals surface area contributed by atoms with Gasteiger partial charge in [0, 0.05) is 13.0 Å². The number of nitrogens with zero attached hydrogens (tertiary/aromatic N) is 1. The molecule has 0 fully saturated rings. The molecule has 2 N–H and O–H groups in total. The summed E-state index contributed by atoms with van der Waals surface area (Å²) >= 11 is 0. The molecule has 1 atom stereocenters. The highest BCUT2D eigenvalue weighted by molar-refractivity contribution is 5.94. The van der Waals surface area contributed by atoms with Crippen LogP contribution in [-0.4, -0.2) is 19.5 Å². The molecular weight excluding hydrogens is 207 g/mol. The summed E-state index contributed by atoms with van der Waals surface area (Å²) in [6, 6.07) is 6.23. The molecule has 0 saturated carbocycles. The van der Waals surface area contributed by atoms with Gasteiger partial charge in [0.1, 0.15) is 5.82 Å². The van der Waals surface area contributed by atoms with Crippen LogP contribution in [0.2, 0.25) is 0 Å². The first kappa shape index (κ1) is 12.6. The monoisotopic (exact) mass is 224 g/mol. The normalized spacial score (nSPS) is 12.2. The molecule has 0 aliphatic heterocycles. The molecule has 1 aromatic rings. The summed E-state index contributed by atoms with van der Waals surface area (Å²) in [6.45, 7) is 2.25. The van der Waals surface area contributed by atoms with Gasteiger partial charge in [0.05, 0.1) is 5.69 Å². The number of hydrogen-bond acceptors (Lipinski definition) is 2. The average Bonchev–Trinajstić information content (AvgIpc) is 2.28. The van der Waals surface area contributed by atoms with Crippen LogP contribution in [-0.2, 0) is 4.79 Å². The molecule has 0 aromatic heterocycles. The molecule has 3 nitrogen and oxygen atoms in total. The van der Waals surface area contributed by atoms with Gasteiger partial charge in [0.25, 0.3) is 0 Å².